The summed E-state index contributed by atoms with van der Waals surface area (Å²) in [7, 11) is 0. The summed E-state index contributed by atoms with van der Waals surface area (Å²) in [6.45, 7) is 0.209. The van der Waals surface area contributed by atoms with Gasteiger partial charge in [0.2, 0.25) is 5.91 Å². The van der Waals surface area contributed by atoms with Gasteiger partial charge in [0.05, 0.1) is 24.3 Å². The second-order valence-corrected chi connectivity index (χ2v) is 8.88. The lowest BCUT2D eigenvalue weighted by molar-refractivity contribution is -0.148. The zero-order valence-electron chi connectivity index (χ0n) is 17.2. The maximum absolute atomic E-state index is 13.7. The van der Waals surface area contributed by atoms with Gasteiger partial charge in [-0.25, -0.2) is 0 Å². The standard InChI is InChI=1S/C23H18ClN5O4/c24-14-6-8-15(9-7-14)29-20(25-26-27-29)19(13-4-2-1-3-5-13)28-12-23-11-10-16(33-23)17(22(31)32)18(23)21(28)30/h1-11,16-19H,12H2,(H,31,32)/t16-,17-,18-,19-,23-/m1/s1. The highest BCUT2D eigenvalue weighted by molar-refractivity contribution is 6.30. The number of tetrazole rings is 1. The predicted octanol–water partition coefficient (Wildman–Crippen LogP) is 2.27. The number of likely N-dealkylation sites (tertiary alicyclic amines) is 1. The number of hydrogen-bond acceptors (Lipinski definition) is 6. The fourth-order valence-electron chi connectivity index (χ4n) is 5.26. The normalized spacial score (nSPS) is 28.3. The molecule has 0 radical (unpaired) electrons. The quantitative estimate of drug-likeness (QED) is 0.578. The Hall–Kier alpha value is -3.56. The Morgan fingerprint density at radius 1 is 1.18 bits per heavy atom. The van der Waals surface area contributed by atoms with Crippen LogP contribution < -0.4 is 0 Å². The number of amides is 1. The maximum atomic E-state index is 13.7. The molecular formula is C23H18ClN5O4. The van der Waals surface area contributed by atoms with Crippen molar-refractivity contribution in [1.82, 2.24) is 25.1 Å². The Balaban J connectivity index is 1.47. The van der Waals surface area contributed by atoms with Crippen molar-refractivity contribution in [3.05, 3.63) is 83.2 Å². The van der Waals surface area contributed by atoms with E-state index in [9.17, 15) is 14.7 Å². The first-order valence-corrected chi connectivity index (χ1v) is 10.9. The summed E-state index contributed by atoms with van der Waals surface area (Å²) < 4.78 is 7.63. The van der Waals surface area contributed by atoms with Crippen LogP contribution in [0.15, 0.2) is 66.7 Å². The summed E-state index contributed by atoms with van der Waals surface area (Å²) >= 11 is 6.04. The average molecular weight is 464 g/mol. The van der Waals surface area contributed by atoms with Gasteiger partial charge in [-0.2, -0.15) is 4.68 Å². The summed E-state index contributed by atoms with van der Waals surface area (Å²) in [5.74, 6) is -2.60. The molecule has 1 spiro atoms. The molecular weight excluding hydrogens is 446 g/mol. The monoisotopic (exact) mass is 463 g/mol. The molecule has 0 unspecified atom stereocenters. The summed E-state index contributed by atoms with van der Waals surface area (Å²) in [6, 6.07) is 15.8. The molecule has 0 aliphatic carbocycles. The van der Waals surface area contributed by atoms with Crippen LogP contribution in [0.3, 0.4) is 0 Å². The minimum atomic E-state index is -1.03. The molecule has 1 aromatic heterocycles. The number of hydrogen-bond donors (Lipinski definition) is 1. The molecule has 3 aliphatic heterocycles. The van der Waals surface area contributed by atoms with Gasteiger partial charge >= 0.3 is 5.97 Å². The first kappa shape index (κ1) is 20.1. The van der Waals surface area contributed by atoms with Gasteiger partial charge in [0.25, 0.3) is 0 Å². The molecule has 33 heavy (non-hydrogen) atoms. The van der Waals surface area contributed by atoms with Crippen LogP contribution in [0.5, 0.6) is 0 Å². The molecule has 2 saturated heterocycles. The number of rotatable bonds is 5. The molecule has 2 fully saturated rings. The lowest BCUT2D eigenvalue weighted by Gasteiger charge is -2.29. The highest BCUT2D eigenvalue weighted by atomic mass is 35.5. The van der Waals surface area contributed by atoms with E-state index in [0.29, 0.717) is 16.5 Å². The molecule has 3 aromatic rings. The van der Waals surface area contributed by atoms with Crippen LogP contribution >= 0.6 is 11.6 Å². The molecule has 4 heterocycles. The Morgan fingerprint density at radius 2 is 1.94 bits per heavy atom. The maximum Gasteiger partial charge on any atom is 0.310 e. The van der Waals surface area contributed by atoms with Crippen molar-refractivity contribution >= 4 is 23.5 Å². The number of carbonyl (C=O) groups excluding carboxylic acids is 1. The highest BCUT2D eigenvalue weighted by Gasteiger charge is 2.68. The largest absolute Gasteiger partial charge is 0.481 e. The van der Waals surface area contributed by atoms with E-state index in [1.54, 1.807) is 39.9 Å². The van der Waals surface area contributed by atoms with E-state index in [1.165, 1.54) is 0 Å². The topological polar surface area (TPSA) is 110 Å². The van der Waals surface area contributed by atoms with Gasteiger partial charge in [-0.1, -0.05) is 54.1 Å². The fraction of sp³-hybridized carbons (Fsp3) is 0.261. The molecule has 6 rings (SSSR count). The van der Waals surface area contributed by atoms with E-state index in [0.717, 1.165) is 5.56 Å². The molecule has 166 valence electrons. The molecule has 1 N–H and O–H groups in total. The summed E-state index contributed by atoms with van der Waals surface area (Å²) in [5.41, 5.74) is 0.527. The van der Waals surface area contributed by atoms with Gasteiger partial charge in [-0.15, -0.1) is 5.10 Å². The van der Waals surface area contributed by atoms with Gasteiger partial charge < -0.3 is 14.7 Å². The molecule has 2 bridgehead atoms. The zero-order valence-corrected chi connectivity index (χ0v) is 17.9. The van der Waals surface area contributed by atoms with Crippen molar-refractivity contribution in [3.8, 4) is 5.69 Å². The summed E-state index contributed by atoms with van der Waals surface area (Å²) in [4.78, 5) is 27.4. The third kappa shape index (κ3) is 2.93. The second kappa shape index (κ2) is 7.23. The predicted molar refractivity (Wildman–Crippen MR) is 116 cm³/mol. The number of carboxylic acid groups (broad SMARTS) is 1. The van der Waals surface area contributed by atoms with Crippen LogP contribution in [0.2, 0.25) is 5.02 Å². The summed E-state index contributed by atoms with van der Waals surface area (Å²) in [6.07, 6.45) is 3.00. The van der Waals surface area contributed by atoms with Crippen LogP contribution in [0, 0.1) is 11.8 Å². The molecule has 10 heteroatoms. The van der Waals surface area contributed by atoms with Crippen molar-refractivity contribution in [2.24, 2.45) is 11.8 Å². The molecule has 3 aliphatic rings. The first-order valence-electron chi connectivity index (χ1n) is 10.5. The zero-order chi connectivity index (χ0) is 22.7. The first-order chi connectivity index (χ1) is 16.0. The molecule has 1 amide bonds. The van der Waals surface area contributed by atoms with Crippen LogP contribution in [-0.2, 0) is 14.3 Å². The number of halogens is 1. The smallest absolute Gasteiger partial charge is 0.310 e. The van der Waals surface area contributed by atoms with Gasteiger partial charge in [0, 0.05) is 5.02 Å². The Kier molecular flexibility index (Phi) is 4.40. The number of aliphatic carboxylic acids is 1. The van der Waals surface area contributed by atoms with Crippen molar-refractivity contribution in [2.75, 3.05) is 6.54 Å². The van der Waals surface area contributed by atoms with Gasteiger partial charge in [0.1, 0.15) is 17.6 Å². The van der Waals surface area contributed by atoms with E-state index in [1.807, 2.05) is 36.4 Å². The Labute approximate surface area is 193 Å². The van der Waals surface area contributed by atoms with E-state index in [-0.39, 0.29) is 12.5 Å². The van der Waals surface area contributed by atoms with Crippen LogP contribution in [0.4, 0.5) is 0 Å². The third-order valence-electron chi connectivity index (χ3n) is 6.65. The fourth-order valence-corrected chi connectivity index (χ4v) is 5.39. The van der Waals surface area contributed by atoms with E-state index < -0.39 is 35.6 Å². The Bertz CT molecular complexity index is 1280. The SMILES string of the molecule is O=C(O)[C@@H]1[C@H]2C=C[C@]3(CN([C@H](c4ccccc4)c4nnnn4-c4ccc(Cl)cc4)C(=O)[C@@H]13)O2. The minimum absolute atomic E-state index is 0.209. The number of carbonyl (C=O) groups is 2. The van der Waals surface area contributed by atoms with E-state index in [2.05, 4.69) is 15.5 Å². The second-order valence-electron chi connectivity index (χ2n) is 8.44. The number of nitrogens with zero attached hydrogens (tertiary/aromatic N) is 5. The van der Waals surface area contributed by atoms with Crippen LogP contribution in [0.1, 0.15) is 17.4 Å². The van der Waals surface area contributed by atoms with Gasteiger partial charge in [-0.3, -0.25) is 9.59 Å². The lowest BCUT2D eigenvalue weighted by Crippen LogP contribution is -2.39. The van der Waals surface area contributed by atoms with Crippen molar-refractivity contribution in [1.29, 1.82) is 0 Å². The number of ether oxygens (including phenoxy) is 1. The van der Waals surface area contributed by atoms with Gasteiger partial charge in [0.15, 0.2) is 5.82 Å². The van der Waals surface area contributed by atoms with E-state index >= 15 is 0 Å². The van der Waals surface area contributed by atoms with E-state index in [4.69, 9.17) is 16.3 Å². The van der Waals surface area contributed by atoms with Crippen LogP contribution in [-0.4, -0.2) is 60.3 Å². The van der Waals surface area contributed by atoms with Crippen molar-refractivity contribution in [3.63, 3.8) is 0 Å². The molecule has 2 aromatic carbocycles. The number of fused-ring (bicyclic) bond motifs is 1. The van der Waals surface area contributed by atoms with Crippen LogP contribution in [0.25, 0.3) is 5.69 Å². The summed E-state index contributed by atoms with van der Waals surface area (Å²) in [5, 5.41) is 22.7. The van der Waals surface area contributed by atoms with Crippen molar-refractivity contribution in [2.45, 2.75) is 17.7 Å². The minimum Gasteiger partial charge on any atom is -0.481 e. The molecule has 0 saturated carbocycles. The Morgan fingerprint density at radius 3 is 2.67 bits per heavy atom. The van der Waals surface area contributed by atoms with Gasteiger partial charge in [-0.05, 0) is 40.3 Å². The third-order valence-corrected chi connectivity index (χ3v) is 6.90. The number of carboxylic acids is 1. The average Bonchev–Trinajstić information content (AvgIpc) is 3.57. The molecule has 9 nitrogen and oxygen atoms in total. The lowest BCUT2D eigenvalue weighted by atomic mass is 9.77. The number of aromatic nitrogens is 4. The number of benzene rings is 2. The van der Waals surface area contributed by atoms with Crippen molar-refractivity contribution < 1.29 is 19.4 Å². The highest BCUT2D eigenvalue weighted by Crippen LogP contribution is 2.53. The molecule has 5 atom stereocenters.